The Labute approximate surface area is 125 Å². The topological polar surface area (TPSA) is 26.3 Å². The lowest BCUT2D eigenvalue weighted by Crippen LogP contribution is -2.70. The van der Waals surface area contributed by atoms with E-state index in [9.17, 15) is 4.79 Å². The maximum atomic E-state index is 12.3. The van der Waals surface area contributed by atoms with Crippen LogP contribution in [-0.2, 0) is 9.53 Å². The fourth-order valence-electron chi connectivity index (χ4n) is 3.89. The lowest BCUT2D eigenvalue weighted by Gasteiger charge is -2.58. The highest BCUT2D eigenvalue weighted by atomic mass is 35.7. The Kier molecular flexibility index (Phi) is 5.16. The summed E-state index contributed by atoms with van der Waals surface area (Å²) in [7, 11) is -2.48. The molecule has 2 nitrogen and oxygen atoms in total. The molecule has 0 unspecified atom stereocenters. The van der Waals surface area contributed by atoms with E-state index in [1.807, 2.05) is 0 Å². The summed E-state index contributed by atoms with van der Waals surface area (Å²) in [5.74, 6) is -0.248. The molecule has 0 aromatic heterocycles. The number of allylic oxidation sites excluding steroid dienone is 1. The molecule has 1 aliphatic rings. The lowest BCUT2D eigenvalue weighted by atomic mass is 10.1. The maximum Gasteiger partial charge on any atom is 0.312 e. The van der Waals surface area contributed by atoms with Gasteiger partial charge in [-0.3, -0.25) is 4.79 Å². The number of halogens is 1. The molecule has 0 saturated carbocycles. The minimum Gasteiger partial charge on any atom is -0.469 e. The van der Waals surface area contributed by atoms with Crippen molar-refractivity contribution in [1.29, 1.82) is 0 Å². The van der Waals surface area contributed by atoms with Gasteiger partial charge in [0.1, 0.15) is 0 Å². The molecule has 0 N–H and O–H groups in total. The van der Waals surface area contributed by atoms with E-state index in [4.69, 9.17) is 16.0 Å². The maximum absolute atomic E-state index is 12.3. The van der Waals surface area contributed by atoms with Crippen LogP contribution in [0.1, 0.15) is 0 Å². The van der Waals surface area contributed by atoms with Crippen LogP contribution in [0.5, 0.6) is 0 Å². The molecular formula is C13H26ClO2PSi2. The lowest BCUT2D eigenvalue weighted by molar-refractivity contribution is -0.143. The number of methoxy groups -OCH3 is 1. The first-order chi connectivity index (χ1) is 8.50. The molecule has 0 saturated heterocycles. The van der Waals surface area contributed by atoms with E-state index in [2.05, 4.69) is 51.4 Å². The molecule has 2 atom stereocenters. The van der Waals surface area contributed by atoms with Crippen LogP contribution in [-0.4, -0.2) is 39.8 Å². The Morgan fingerprint density at radius 3 is 2.11 bits per heavy atom. The van der Waals surface area contributed by atoms with Gasteiger partial charge >= 0.3 is 5.97 Å². The molecule has 0 fully saturated rings. The quantitative estimate of drug-likeness (QED) is 0.329. The van der Waals surface area contributed by atoms with Gasteiger partial charge in [0.25, 0.3) is 0 Å². The van der Waals surface area contributed by atoms with E-state index < -0.39 is 23.4 Å². The Bertz CT molecular complexity index is 371. The SMILES string of the molecule is COC(=O)[C@H]1C=CC[P@@](Cl)C1([Si](C)(C)C)[Si](C)(C)C. The molecular weight excluding hydrogens is 311 g/mol. The van der Waals surface area contributed by atoms with Gasteiger partial charge in [0.05, 0.1) is 29.2 Å². The molecule has 19 heavy (non-hydrogen) atoms. The third-order valence-corrected chi connectivity index (χ3v) is 23.1. The minimum atomic E-state index is -1.64. The summed E-state index contributed by atoms with van der Waals surface area (Å²) in [5.41, 5.74) is 0. The highest BCUT2D eigenvalue weighted by Gasteiger charge is 2.63. The van der Waals surface area contributed by atoms with Gasteiger partial charge in [0.2, 0.25) is 0 Å². The van der Waals surface area contributed by atoms with E-state index in [0.717, 1.165) is 6.16 Å². The van der Waals surface area contributed by atoms with Crippen LogP contribution < -0.4 is 0 Å². The summed E-state index contributed by atoms with van der Waals surface area (Å²) >= 11 is 6.88. The molecule has 1 rings (SSSR count). The van der Waals surface area contributed by atoms with Crippen LogP contribution in [0.15, 0.2) is 12.2 Å². The van der Waals surface area contributed by atoms with Gasteiger partial charge in [-0.1, -0.05) is 62.7 Å². The number of rotatable bonds is 3. The van der Waals surface area contributed by atoms with Crippen molar-refractivity contribution in [3.63, 3.8) is 0 Å². The van der Waals surface area contributed by atoms with Crippen molar-refractivity contribution in [2.45, 2.75) is 43.7 Å². The van der Waals surface area contributed by atoms with Gasteiger partial charge < -0.3 is 4.74 Å². The Morgan fingerprint density at radius 1 is 1.26 bits per heavy atom. The molecule has 0 aliphatic carbocycles. The zero-order valence-corrected chi connectivity index (χ0v) is 16.7. The number of hydrogen-bond donors (Lipinski definition) is 0. The molecule has 0 amide bonds. The smallest absolute Gasteiger partial charge is 0.312 e. The number of esters is 1. The van der Waals surface area contributed by atoms with Crippen LogP contribution in [0.2, 0.25) is 39.3 Å². The summed E-state index contributed by atoms with van der Waals surface area (Å²) in [4.78, 5) is 12.3. The van der Waals surface area contributed by atoms with Crippen molar-refractivity contribution in [2.75, 3.05) is 13.3 Å². The average molecular weight is 337 g/mol. The monoisotopic (exact) mass is 336 g/mol. The van der Waals surface area contributed by atoms with Crippen molar-refractivity contribution in [3.05, 3.63) is 12.2 Å². The summed E-state index contributed by atoms with van der Waals surface area (Å²) in [6, 6.07) is 0. The fraction of sp³-hybridized carbons (Fsp3) is 0.769. The van der Waals surface area contributed by atoms with E-state index in [1.165, 1.54) is 7.11 Å². The van der Waals surface area contributed by atoms with Crippen molar-refractivity contribution in [2.24, 2.45) is 5.92 Å². The second-order valence-electron chi connectivity index (χ2n) is 7.24. The van der Waals surface area contributed by atoms with Gasteiger partial charge in [-0.15, -0.1) is 0 Å². The van der Waals surface area contributed by atoms with Gasteiger partial charge in [-0.25, -0.2) is 0 Å². The second-order valence-corrected chi connectivity index (χ2v) is 22.2. The van der Waals surface area contributed by atoms with Gasteiger partial charge in [-0.2, -0.15) is 0 Å². The molecule has 0 aromatic rings. The number of hydrogen-bond acceptors (Lipinski definition) is 2. The Morgan fingerprint density at radius 2 is 1.74 bits per heavy atom. The summed E-state index contributed by atoms with van der Waals surface area (Å²) in [6.07, 6.45) is 5.08. The first-order valence-corrected chi connectivity index (χ1v) is 16.1. The van der Waals surface area contributed by atoms with Crippen molar-refractivity contribution < 1.29 is 9.53 Å². The van der Waals surface area contributed by atoms with Crippen LogP contribution in [0.3, 0.4) is 0 Å². The molecule has 110 valence electrons. The molecule has 0 bridgehead atoms. The minimum absolute atomic E-state index is 0.00126. The molecule has 0 aromatic carbocycles. The predicted molar refractivity (Wildman–Crippen MR) is 91.7 cm³/mol. The normalized spacial score (nSPS) is 27.2. The third kappa shape index (κ3) is 2.74. The second kappa shape index (κ2) is 5.63. The Hall–Kier alpha value is 0.364. The fourth-order valence-corrected chi connectivity index (χ4v) is 27.8. The van der Waals surface area contributed by atoms with Gasteiger partial charge in [0, 0.05) is 4.40 Å². The van der Waals surface area contributed by atoms with Crippen LogP contribution in [0.25, 0.3) is 0 Å². The van der Waals surface area contributed by atoms with Crippen LogP contribution in [0.4, 0.5) is 0 Å². The summed E-state index contributed by atoms with van der Waals surface area (Å²) in [5, 5.41) is 0. The van der Waals surface area contributed by atoms with Gasteiger partial charge in [0.15, 0.2) is 0 Å². The standard InChI is InChI=1S/C13H26ClO2PSi2/c1-16-12(15)11-9-8-10-17(14)13(11,18(2,3)4)19(5,6)7/h8-9,11H,10H2,1-7H3/t11-,17-/m1/s1. The number of carbonyl (C=O) groups excluding carboxylic acids is 1. The highest BCUT2D eigenvalue weighted by molar-refractivity contribution is 7.89. The summed E-state index contributed by atoms with van der Waals surface area (Å²) in [6.45, 7) is 14.2. The first-order valence-electron chi connectivity index (χ1n) is 6.68. The van der Waals surface area contributed by atoms with E-state index >= 15 is 0 Å². The highest BCUT2D eigenvalue weighted by Crippen LogP contribution is 2.67. The average Bonchev–Trinajstić information content (AvgIpc) is 2.24. The predicted octanol–water partition coefficient (Wildman–Crippen LogP) is 4.47. The third-order valence-electron chi connectivity index (χ3n) is 4.17. The Balaban J connectivity index is 3.55. The number of carbonyl (C=O) groups is 1. The van der Waals surface area contributed by atoms with Crippen molar-refractivity contribution in [1.82, 2.24) is 0 Å². The van der Waals surface area contributed by atoms with Gasteiger partial charge in [-0.05, 0) is 13.4 Å². The first kappa shape index (κ1) is 17.4. The molecule has 6 heteroatoms. The number of ether oxygens (including phenoxy) is 1. The van der Waals surface area contributed by atoms with Crippen LogP contribution >= 0.6 is 18.5 Å². The molecule has 1 aliphatic heterocycles. The van der Waals surface area contributed by atoms with Crippen molar-refractivity contribution in [3.8, 4) is 0 Å². The van der Waals surface area contributed by atoms with Crippen LogP contribution in [0, 0.1) is 5.92 Å². The molecule has 0 radical (unpaired) electrons. The zero-order chi connectivity index (χ0) is 15.1. The van der Waals surface area contributed by atoms with Crippen molar-refractivity contribution >= 4 is 40.6 Å². The van der Waals surface area contributed by atoms with E-state index in [-0.39, 0.29) is 16.3 Å². The molecule has 1 heterocycles. The van der Waals surface area contributed by atoms with E-state index in [0.29, 0.717) is 0 Å². The zero-order valence-electron chi connectivity index (χ0n) is 13.1. The largest absolute Gasteiger partial charge is 0.469 e. The summed E-state index contributed by atoms with van der Waals surface area (Å²) < 4.78 is 5.09. The van der Waals surface area contributed by atoms with E-state index in [1.54, 1.807) is 0 Å². The molecule has 0 spiro atoms.